The van der Waals surface area contributed by atoms with E-state index in [9.17, 15) is 9.59 Å². The van der Waals surface area contributed by atoms with Gasteiger partial charge in [-0.2, -0.15) is 0 Å². The lowest BCUT2D eigenvalue weighted by Crippen LogP contribution is -2.20. The van der Waals surface area contributed by atoms with Gasteiger partial charge in [-0.1, -0.05) is 177 Å². The highest BCUT2D eigenvalue weighted by Gasteiger charge is 2.36. The van der Waals surface area contributed by atoms with Crippen molar-refractivity contribution in [1.82, 2.24) is 0 Å². The SMILES string of the molecule is CCCCCCOc1ccc2c(c1)Sc1cc(OCCCCCC)ccc1N2c1ccc(-c2ccc(-c3ccc4c(c3)C(=C(C(=O)OCC)C(=O)OCC)c3cc(-c5ccc(-c6ccc(N7c8ccc(OCCCCCC)cc8Sc8cc(OCCCCCC)ccc87)cc6)s5)ccc3-4)s2)cc1. The van der Waals surface area contributed by atoms with Crippen LogP contribution in [0, 0.1) is 0 Å². The molecule has 1 aliphatic carbocycles. The summed E-state index contributed by atoms with van der Waals surface area (Å²) in [7, 11) is 0. The van der Waals surface area contributed by atoms with Crippen LogP contribution in [-0.4, -0.2) is 51.6 Å². The Morgan fingerprint density at radius 3 is 0.922 bits per heavy atom. The van der Waals surface area contributed by atoms with E-state index in [4.69, 9.17) is 28.4 Å². The summed E-state index contributed by atoms with van der Waals surface area (Å²) in [4.78, 5) is 42.1. The molecule has 2 aromatic heterocycles. The van der Waals surface area contributed by atoms with E-state index < -0.39 is 11.9 Å². The monoisotopic (exact) mass is 1430 g/mol. The Labute approximate surface area is 619 Å². The second-order valence-electron chi connectivity index (χ2n) is 26.2. The molecule has 0 amide bonds. The van der Waals surface area contributed by atoms with Gasteiger partial charge in [-0.15, -0.1) is 22.7 Å². The van der Waals surface area contributed by atoms with Gasteiger partial charge in [0.1, 0.15) is 23.0 Å². The van der Waals surface area contributed by atoms with Gasteiger partial charge in [-0.05, 0) is 217 Å². The lowest BCUT2D eigenvalue weighted by molar-refractivity contribution is -0.146. The Hall–Kier alpha value is -8.66. The molecular weight excluding hydrogens is 1340 g/mol. The molecule has 8 aromatic carbocycles. The molecule has 13 rings (SSSR count). The number of carbonyl (C=O) groups excluding carboxylic acids is 2. The second-order valence-corrected chi connectivity index (χ2v) is 30.5. The van der Waals surface area contributed by atoms with Crippen molar-refractivity contribution in [2.45, 2.75) is 164 Å². The molecule has 4 heterocycles. The molecule has 0 N–H and O–H groups in total. The molecule has 0 unspecified atom stereocenters. The topological polar surface area (TPSA) is 96.0 Å². The van der Waals surface area contributed by atoms with Crippen LogP contribution in [0.3, 0.4) is 0 Å². The molecule has 0 spiro atoms. The Balaban J connectivity index is 0.768. The Morgan fingerprint density at radius 2 is 0.618 bits per heavy atom. The van der Waals surface area contributed by atoms with E-state index >= 15 is 0 Å². The van der Waals surface area contributed by atoms with Gasteiger partial charge in [-0.25, -0.2) is 9.59 Å². The van der Waals surface area contributed by atoms with Crippen molar-refractivity contribution >= 4 is 97.8 Å². The van der Waals surface area contributed by atoms with E-state index in [-0.39, 0.29) is 18.8 Å². The van der Waals surface area contributed by atoms with Crippen molar-refractivity contribution in [2.24, 2.45) is 0 Å². The molecule has 0 bridgehead atoms. The van der Waals surface area contributed by atoms with Crippen molar-refractivity contribution in [3.05, 3.63) is 199 Å². The molecule has 526 valence electrons. The summed E-state index contributed by atoms with van der Waals surface area (Å²) >= 11 is 6.95. The number of fused-ring (bicyclic) bond motifs is 7. The molecule has 0 atom stereocenters. The summed E-state index contributed by atoms with van der Waals surface area (Å²) in [6, 6.07) is 65.1. The Morgan fingerprint density at radius 1 is 0.314 bits per heavy atom. The zero-order valence-corrected chi connectivity index (χ0v) is 62.9. The molecule has 0 radical (unpaired) electrons. The molecule has 10 nitrogen and oxygen atoms in total. The lowest BCUT2D eigenvalue weighted by Gasteiger charge is -2.33. The van der Waals surface area contributed by atoms with Crippen molar-refractivity contribution < 1.29 is 38.0 Å². The third kappa shape index (κ3) is 16.4. The third-order valence-corrected chi connectivity index (χ3v) is 23.4. The van der Waals surface area contributed by atoms with Gasteiger partial charge < -0.3 is 38.2 Å². The van der Waals surface area contributed by atoms with E-state index in [0.717, 1.165) is 166 Å². The minimum absolute atomic E-state index is 0.0956. The van der Waals surface area contributed by atoms with E-state index in [2.05, 4.69) is 219 Å². The third-order valence-electron chi connectivity index (χ3n) is 18.9. The zero-order chi connectivity index (χ0) is 70.3. The lowest BCUT2D eigenvalue weighted by atomic mass is 9.95. The highest BCUT2D eigenvalue weighted by atomic mass is 32.2. The average Bonchev–Trinajstić information content (AvgIpc) is 1.69. The Kier molecular flexibility index (Phi) is 24.3. The quantitative estimate of drug-likeness (QED) is 0.0126. The number of esters is 2. The smallest absolute Gasteiger partial charge is 0.346 e. The van der Waals surface area contributed by atoms with Crippen LogP contribution < -0.4 is 28.7 Å². The van der Waals surface area contributed by atoms with Crippen LogP contribution in [0.5, 0.6) is 23.0 Å². The maximum atomic E-state index is 14.3. The minimum Gasteiger partial charge on any atom is -0.494 e. The molecule has 0 saturated carbocycles. The van der Waals surface area contributed by atoms with E-state index in [1.54, 1.807) is 60.0 Å². The van der Waals surface area contributed by atoms with Gasteiger partial charge in [0.15, 0.2) is 5.57 Å². The first-order valence-electron chi connectivity index (χ1n) is 37.0. The first kappa shape index (κ1) is 71.7. The predicted molar refractivity (Wildman–Crippen MR) is 425 cm³/mol. The van der Waals surface area contributed by atoms with Crippen LogP contribution in [0.15, 0.2) is 207 Å². The minimum atomic E-state index is -0.715. The van der Waals surface area contributed by atoms with Gasteiger partial charge in [0, 0.05) is 56.0 Å². The van der Waals surface area contributed by atoms with Crippen molar-refractivity contribution in [2.75, 3.05) is 49.4 Å². The second kappa shape index (κ2) is 34.5. The highest BCUT2D eigenvalue weighted by molar-refractivity contribution is 8.00. The maximum absolute atomic E-state index is 14.3. The van der Waals surface area contributed by atoms with Crippen molar-refractivity contribution in [1.29, 1.82) is 0 Å². The number of benzene rings is 8. The fourth-order valence-electron chi connectivity index (χ4n) is 13.6. The largest absolute Gasteiger partial charge is 0.494 e. The number of anilines is 6. The summed E-state index contributed by atoms with van der Waals surface area (Å²) in [6.45, 7) is 15.4. The number of rotatable bonds is 34. The number of unbranched alkanes of at least 4 members (excludes halogenated alkanes) is 12. The summed E-state index contributed by atoms with van der Waals surface area (Å²) in [5.41, 5.74) is 14.4. The fraction of sp³-hybridized carbons (Fsp3) is 0.318. The molecule has 102 heavy (non-hydrogen) atoms. The fourth-order valence-corrected chi connectivity index (χ4v) is 17.8. The number of hydrogen-bond donors (Lipinski definition) is 0. The Bertz CT molecular complexity index is 4180. The first-order valence-corrected chi connectivity index (χ1v) is 40.2. The maximum Gasteiger partial charge on any atom is 0.346 e. The van der Waals surface area contributed by atoms with Crippen LogP contribution in [0.1, 0.15) is 155 Å². The molecule has 10 aromatic rings. The summed E-state index contributed by atoms with van der Waals surface area (Å²) < 4.78 is 36.7. The standard InChI is InChI=1S/C88H92N2O8S4/c1-7-13-17-21-49-95-65-35-41-73-81(55-65)101-82-56-66(96-50-22-18-14-8-2)36-42-74(82)89(73)63-31-25-59(26-32-63)77-45-47-79(99-77)61-29-39-69-70-40-30-62(54-72(70)85(71(69)53-61)86(87(91)93-11-5)88(92)94-12-6)80-48-46-78(100-80)60-27-33-64(34-28-60)90-75-43-37-67(97-51-23-19-15-9-3)57-83(75)102-84-58-68(38-44-76(84)90)98-52-24-20-16-10-4/h25-48,53-58H,7-24,49-52H2,1-6H3. The number of ether oxygens (including phenoxy) is 6. The zero-order valence-electron chi connectivity index (χ0n) is 59.7. The van der Waals surface area contributed by atoms with E-state index in [1.165, 1.54) is 77.0 Å². The molecular formula is C88H92N2O8S4. The average molecular weight is 1430 g/mol. The van der Waals surface area contributed by atoms with Crippen molar-refractivity contribution in [3.63, 3.8) is 0 Å². The number of thiophene rings is 2. The van der Waals surface area contributed by atoms with Crippen LogP contribution in [-0.2, 0) is 19.1 Å². The summed E-state index contributed by atoms with van der Waals surface area (Å²) in [5, 5.41) is 0. The van der Waals surface area contributed by atoms with Gasteiger partial charge >= 0.3 is 11.9 Å². The molecule has 3 aliphatic rings. The van der Waals surface area contributed by atoms with Gasteiger partial charge in [-0.3, -0.25) is 0 Å². The van der Waals surface area contributed by atoms with Gasteiger partial charge in [0.05, 0.1) is 62.4 Å². The van der Waals surface area contributed by atoms with Crippen LogP contribution in [0.4, 0.5) is 34.1 Å². The normalized spacial score (nSPS) is 12.4. The highest BCUT2D eigenvalue weighted by Crippen LogP contribution is 2.56. The predicted octanol–water partition coefficient (Wildman–Crippen LogP) is 26.1. The van der Waals surface area contributed by atoms with E-state index in [0.29, 0.717) is 32.0 Å². The van der Waals surface area contributed by atoms with Crippen LogP contribution >= 0.6 is 46.2 Å². The van der Waals surface area contributed by atoms with Crippen LogP contribution in [0.2, 0.25) is 0 Å². The summed E-state index contributed by atoms with van der Waals surface area (Å²) in [6.07, 6.45) is 18.5. The molecule has 14 heteroatoms. The number of carbonyl (C=O) groups is 2. The van der Waals surface area contributed by atoms with Gasteiger partial charge in [0.2, 0.25) is 0 Å². The molecule has 0 fully saturated rings. The molecule has 0 saturated heterocycles. The first-order chi connectivity index (χ1) is 50.1. The number of nitrogens with zero attached hydrogens (tertiary/aromatic N) is 2. The van der Waals surface area contributed by atoms with E-state index in [1.807, 2.05) is 0 Å². The van der Waals surface area contributed by atoms with Crippen molar-refractivity contribution in [3.8, 4) is 75.9 Å². The number of hydrogen-bond acceptors (Lipinski definition) is 14. The van der Waals surface area contributed by atoms with Gasteiger partial charge in [0.25, 0.3) is 0 Å². The summed E-state index contributed by atoms with van der Waals surface area (Å²) in [5.74, 6) is 2.12. The molecule has 2 aliphatic heterocycles. The van der Waals surface area contributed by atoms with Crippen LogP contribution in [0.25, 0.3) is 58.5 Å².